The van der Waals surface area contributed by atoms with Gasteiger partial charge in [0.2, 0.25) is 0 Å². The van der Waals surface area contributed by atoms with Crippen molar-refractivity contribution in [2.75, 3.05) is 0 Å². The Hall–Kier alpha value is -2.50. The summed E-state index contributed by atoms with van der Waals surface area (Å²) in [5.41, 5.74) is 1.35. The molecule has 0 saturated carbocycles. The number of nitrogens with zero attached hydrogens (tertiary/aromatic N) is 3. The van der Waals surface area contributed by atoms with Crippen molar-refractivity contribution >= 4 is 5.97 Å². The number of carbonyl (C=O) groups excluding carboxylic acids is 1. The molecule has 1 unspecified atom stereocenters. The third kappa shape index (κ3) is 2.12. The van der Waals surface area contributed by atoms with E-state index in [1.807, 2.05) is 30.5 Å². The van der Waals surface area contributed by atoms with Crippen LogP contribution in [0.4, 0.5) is 0 Å². The highest BCUT2D eigenvalue weighted by Crippen LogP contribution is 2.40. The van der Waals surface area contributed by atoms with Crippen LogP contribution in [-0.2, 0) is 11.3 Å². The zero-order valence-corrected chi connectivity index (χ0v) is 11.8. The fraction of sp³-hybridized carbons (Fsp3) is 0.333. The van der Waals surface area contributed by atoms with Gasteiger partial charge in [-0.05, 0) is 25.5 Å². The smallest absolute Gasteiger partial charge is 0.339 e. The third-order valence-electron chi connectivity index (χ3n) is 3.74. The number of benzene rings is 1. The predicted octanol–water partition coefficient (Wildman–Crippen LogP) is 2.69. The van der Waals surface area contributed by atoms with Crippen molar-refractivity contribution in [3.05, 3.63) is 58.5 Å². The Balaban J connectivity index is 2.19. The Morgan fingerprint density at radius 2 is 2.14 bits per heavy atom. The van der Waals surface area contributed by atoms with Crippen LogP contribution in [0.3, 0.4) is 0 Å². The number of ether oxygens (including phenoxy) is 1. The van der Waals surface area contributed by atoms with Crippen LogP contribution in [0, 0.1) is 4.91 Å². The largest absolute Gasteiger partial charge is 0.453 e. The van der Waals surface area contributed by atoms with Crippen molar-refractivity contribution in [2.24, 2.45) is 5.18 Å². The van der Waals surface area contributed by atoms with Crippen LogP contribution in [0.1, 0.15) is 41.5 Å². The van der Waals surface area contributed by atoms with Crippen molar-refractivity contribution in [1.29, 1.82) is 0 Å². The van der Waals surface area contributed by atoms with Crippen molar-refractivity contribution < 1.29 is 9.53 Å². The van der Waals surface area contributed by atoms with Gasteiger partial charge in [0.25, 0.3) is 0 Å². The molecule has 0 saturated heterocycles. The SMILES string of the molecule is CC1(C)OC(=O)c2ccccc2C1n1cncc1CN=O. The first-order chi connectivity index (χ1) is 10.0. The van der Waals surface area contributed by atoms with E-state index in [1.54, 1.807) is 24.7 Å². The molecule has 6 nitrogen and oxygen atoms in total. The van der Waals surface area contributed by atoms with E-state index in [2.05, 4.69) is 10.2 Å². The number of rotatable bonds is 3. The number of esters is 1. The minimum atomic E-state index is -0.746. The molecule has 1 aromatic heterocycles. The molecule has 1 aliphatic rings. The number of hydrogen-bond donors (Lipinski definition) is 0. The maximum Gasteiger partial charge on any atom is 0.339 e. The molecule has 0 amide bonds. The summed E-state index contributed by atoms with van der Waals surface area (Å²) in [6.45, 7) is 3.73. The van der Waals surface area contributed by atoms with Gasteiger partial charge in [0.05, 0.1) is 29.8 Å². The van der Waals surface area contributed by atoms with Crippen molar-refractivity contribution in [2.45, 2.75) is 32.0 Å². The molecular weight excluding hydrogens is 270 g/mol. The van der Waals surface area contributed by atoms with E-state index >= 15 is 0 Å². The van der Waals surface area contributed by atoms with Crippen LogP contribution >= 0.6 is 0 Å². The van der Waals surface area contributed by atoms with Crippen LogP contribution in [0.25, 0.3) is 0 Å². The lowest BCUT2D eigenvalue weighted by Gasteiger charge is -2.40. The van der Waals surface area contributed by atoms with Gasteiger partial charge in [-0.1, -0.05) is 23.4 Å². The molecule has 0 fully saturated rings. The molecule has 0 radical (unpaired) electrons. The zero-order valence-electron chi connectivity index (χ0n) is 11.8. The number of carbonyl (C=O) groups is 1. The second kappa shape index (κ2) is 4.80. The standard InChI is InChI=1S/C15H15N3O3/c1-15(2)13(18-9-16-7-10(18)8-17-20)11-5-3-4-6-12(11)14(19)21-15/h3-7,9,13H,8H2,1-2H3. The molecule has 3 rings (SSSR count). The summed E-state index contributed by atoms with van der Waals surface area (Å²) in [6.07, 6.45) is 3.25. The molecule has 6 heteroatoms. The van der Waals surface area contributed by atoms with E-state index < -0.39 is 5.60 Å². The van der Waals surface area contributed by atoms with Crippen molar-refractivity contribution in [3.63, 3.8) is 0 Å². The number of cyclic esters (lactones) is 1. The maximum absolute atomic E-state index is 12.1. The highest BCUT2D eigenvalue weighted by molar-refractivity contribution is 5.93. The van der Waals surface area contributed by atoms with Crippen LogP contribution in [0.5, 0.6) is 0 Å². The summed E-state index contributed by atoms with van der Waals surface area (Å²) in [5.74, 6) is -0.331. The summed E-state index contributed by atoms with van der Waals surface area (Å²) in [4.78, 5) is 26.8. The lowest BCUT2D eigenvalue weighted by molar-refractivity contribution is -0.0265. The lowest BCUT2D eigenvalue weighted by atomic mass is 9.85. The molecule has 0 N–H and O–H groups in total. The summed E-state index contributed by atoms with van der Waals surface area (Å²) >= 11 is 0. The Labute approximate surface area is 121 Å². The van der Waals surface area contributed by atoms with Gasteiger partial charge < -0.3 is 9.30 Å². The number of imidazole rings is 1. The molecule has 0 spiro atoms. The molecule has 1 atom stereocenters. The third-order valence-corrected chi connectivity index (χ3v) is 3.74. The van der Waals surface area contributed by atoms with E-state index in [0.29, 0.717) is 11.3 Å². The molecule has 2 heterocycles. The number of hydrogen-bond acceptors (Lipinski definition) is 5. The van der Waals surface area contributed by atoms with Gasteiger partial charge in [0.1, 0.15) is 12.1 Å². The zero-order chi connectivity index (χ0) is 15.0. The number of aromatic nitrogens is 2. The summed E-state index contributed by atoms with van der Waals surface area (Å²) < 4.78 is 7.43. The molecule has 0 aliphatic carbocycles. The minimum Gasteiger partial charge on any atom is -0.453 e. The average molecular weight is 285 g/mol. The average Bonchev–Trinajstić information content (AvgIpc) is 2.86. The van der Waals surface area contributed by atoms with Crippen molar-refractivity contribution in [1.82, 2.24) is 9.55 Å². The highest BCUT2D eigenvalue weighted by Gasteiger charge is 2.43. The highest BCUT2D eigenvalue weighted by atomic mass is 16.6. The second-order valence-corrected chi connectivity index (χ2v) is 5.56. The molecule has 108 valence electrons. The molecule has 1 aliphatic heterocycles. The quantitative estimate of drug-likeness (QED) is 0.642. The van der Waals surface area contributed by atoms with Gasteiger partial charge >= 0.3 is 5.97 Å². The van der Waals surface area contributed by atoms with Crippen LogP contribution in [0.2, 0.25) is 0 Å². The molecule has 0 bridgehead atoms. The van der Waals surface area contributed by atoms with Crippen LogP contribution < -0.4 is 0 Å². The minimum absolute atomic E-state index is 0.0304. The first-order valence-electron chi connectivity index (χ1n) is 6.66. The molecular formula is C15H15N3O3. The fourth-order valence-electron chi connectivity index (χ4n) is 2.88. The van der Waals surface area contributed by atoms with E-state index in [4.69, 9.17) is 4.74 Å². The first-order valence-corrected chi connectivity index (χ1v) is 6.66. The molecule has 2 aromatic rings. The normalized spacial score (nSPS) is 19.7. The van der Waals surface area contributed by atoms with E-state index in [-0.39, 0.29) is 18.6 Å². The fourth-order valence-corrected chi connectivity index (χ4v) is 2.88. The lowest BCUT2D eigenvalue weighted by Crippen LogP contribution is -2.43. The number of fused-ring (bicyclic) bond motifs is 1. The Morgan fingerprint density at radius 1 is 1.38 bits per heavy atom. The van der Waals surface area contributed by atoms with Gasteiger partial charge in [-0.2, -0.15) is 4.91 Å². The maximum atomic E-state index is 12.1. The monoisotopic (exact) mass is 285 g/mol. The second-order valence-electron chi connectivity index (χ2n) is 5.56. The Kier molecular flexibility index (Phi) is 3.08. The van der Waals surface area contributed by atoms with Crippen LogP contribution in [-0.4, -0.2) is 21.1 Å². The summed E-state index contributed by atoms with van der Waals surface area (Å²) in [6, 6.07) is 7.09. The van der Waals surface area contributed by atoms with Crippen molar-refractivity contribution in [3.8, 4) is 0 Å². The van der Waals surface area contributed by atoms with Gasteiger partial charge in [-0.3, -0.25) is 0 Å². The summed E-state index contributed by atoms with van der Waals surface area (Å²) in [7, 11) is 0. The Morgan fingerprint density at radius 3 is 2.90 bits per heavy atom. The van der Waals surface area contributed by atoms with E-state index in [0.717, 1.165) is 5.56 Å². The van der Waals surface area contributed by atoms with E-state index in [1.165, 1.54) is 0 Å². The summed E-state index contributed by atoms with van der Waals surface area (Å²) in [5, 5.41) is 2.93. The van der Waals surface area contributed by atoms with Gasteiger partial charge in [-0.15, -0.1) is 0 Å². The van der Waals surface area contributed by atoms with Gasteiger partial charge in [0, 0.05) is 0 Å². The topological polar surface area (TPSA) is 73.6 Å². The van der Waals surface area contributed by atoms with Crippen LogP contribution in [0.15, 0.2) is 42.0 Å². The molecule has 21 heavy (non-hydrogen) atoms. The van der Waals surface area contributed by atoms with Gasteiger partial charge in [-0.25, -0.2) is 9.78 Å². The van der Waals surface area contributed by atoms with Gasteiger partial charge in [0.15, 0.2) is 0 Å². The Bertz CT molecular complexity index is 706. The predicted molar refractivity (Wildman–Crippen MR) is 75.8 cm³/mol. The molecule has 1 aromatic carbocycles. The van der Waals surface area contributed by atoms with E-state index in [9.17, 15) is 9.70 Å². The first kappa shape index (κ1) is 13.5. The number of nitroso groups, excluding NO2 is 1.